The average molecular weight is 345 g/mol. The van der Waals surface area contributed by atoms with Crippen LogP contribution in [-0.4, -0.2) is 17.5 Å². The Bertz CT molecular complexity index is 598. The van der Waals surface area contributed by atoms with Crippen LogP contribution in [0.4, 0.5) is 0 Å². The fraction of sp³-hybridized carbons (Fsp3) is 0.870. The van der Waals surface area contributed by atoms with Gasteiger partial charge in [0, 0.05) is 11.8 Å². The second-order valence-electron chi connectivity index (χ2n) is 10.8. The zero-order valence-electron chi connectivity index (χ0n) is 16.9. The number of fused-ring (bicyclic) bond motifs is 5. The van der Waals surface area contributed by atoms with Crippen molar-refractivity contribution in [2.75, 3.05) is 0 Å². The Hall–Kier alpha value is -0.630. The summed E-state index contributed by atoms with van der Waals surface area (Å²) in [5.74, 6) is 2.71. The van der Waals surface area contributed by atoms with E-state index in [0.717, 1.165) is 37.5 Å². The number of rotatable bonds is 1. The van der Waals surface area contributed by atoms with Gasteiger partial charge in [0.15, 0.2) is 0 Å². The summed E-state index contributed by atoms with van der Waals surface area (Å²) in [5.41, 5.74) is 1.97. The smallest absolute Gasteiger partial charge is 0.139 e. The molecule has 0 heterocycles. The zero-order valence-corrected chi connectivity index (χ0v) is 16.9. The monoisotopic (exact) mass is 344 g/mol. The molecule has 0 bridgehead atoms. The highest BCUT2D eigenvalue weighted by molar-refractivity contribution is 5.87. The van der Waals surface area contributed by atoms with Crippen LogP contribution in [0.1, 0.15) is 86.0 Å². The lowest BCUT2D eigenvalue weighted by atomic mass is 9.48. The van der Waals surface area contributed by atoms with Crippen LogP contribution in [0.3, 0.4) is 0 Å². The number of ketones is 1. The van der Waals surface area contributed by atoms with Gasteiger partial charge in [-0.15, -0.1) is 0 Å². The average Bonchev–Trinajstić information content (AvgIpc) is 2.82. The molecule has 4 aliphatic rings. The third-order valence-electron chi connectivity index (χ3n) is 8.29. The molecular weight excluding hydrogens is 308 g/mol. The van der Waals surface area contributed by atoms with Crippen molar-refractivity contribution in [3.8, 4) is 0 Å². The van der Waals surface area contributed by atoms with Crippen molar-refractivity contribution in [1.82, 2.24) is 0 Å². The Morgan fingerprint density at radius 1 is 1.04 bits per heavy atom. The third kappa shape index (κ3) is 2.74. The Labute approximate surface area is 153 Å². The molecule has 4 rings (SSSR count). The summed E-state index contributed by atoms with van der Waals surface area (Å²) in [4.78, 5) is 12.5. The second-order valence-corrected chi connectivity index (χ2v) is 10.8. The number of hydrogen-bond acceptors (Lipinski definition) is 2. The second kappa shape index (κ2) is 5.68. The SMILES string of the molecule is CC(C)(C)O[C@H]1CC[C@@]2(C)C(=CC[C@H]3[C@H]2CC[C@@]2(C)C(=O)CC[C@@H]32)C1. The van der Waals surface area contributed by atoms with Gasteiger partial charge >= 0.3 is 0 Å². The molecule has 0 spiro atoms. The van der Waals surface area contributed by atoms with E-state index < -0.39 is 0 Å². The minimum absolute atomic E-state index is 0.00455. The Morgan fingerprint density at radius 3 is 2.44 bits per heavy atom. The van der Waals surface area contributed by atoms with Gasteiger partial charge in [0.2, 0.25) is 0 Å². The molecule has 2 nitrogen and oxygen atoms in total. The van der Waals surface area contributed by atoms with Gasteiger partial charge in [0.1, 0.15) is 5.78 Å². The van der Waals surface area contributed by atoms with E-state index in [9.17, 15) is 4.79 Å². The van der Waals surface area contributed by atoms with E-state index in [-0.39, 0.29) is 11.0 Å². The summed E-state index contributed by atoms with van der Waals surface area (Å²) in [5, 5.41) is 0. The molecule has 0 aliphatic heterocycles. The van der Waals surface area contributed by atoms with E-state index in [4.69, 9.17) is 4.74 Å². The summed E-state index contributed by atoms with van der Waals surface area (Å²) in [7, 11) is 0. The first kappa shape index (κ1) is 17.8. The molecule has 0 unspecified atom stereocenters. The van der Waals surface area contributed by atoms with E-state index in [1.54, 1.807) is 5.57 Å². The molecule has 0 aromatic rings. The van der Waals surface area contributed by atoms with E-state index in [2.05, 4.69) is 40.7 Å². The van der Waals surface area contributed by atoms with Crippen LogP contribution < -0.4 is 0 Å². The van der Waals surface area contributed by atoms with Gasteiger partial charge in [-0.25, -0.2) is 0 Å². The highest BCUT2D eigenvalue weighted by Crippen LogP contribution is 2.64. The minimum atomic E-state index is -0.0486. The van der Waals surface area contributed by atoms with Crippen molar-refractivity contribution in [2.45, 2.75) is 97.7 Å². The molecule has 0 amide bonds. The lowest BCUT2D eigenvalue weighted by Crippen LogP contribution is -2.50. The summed E-state index contributed by atoms with van der Waals surface area (Å²) >= 11 is 0. The molecule has 0 radical (unpaired) electrons. The predicted molar refractivity (Wildman–Crippen MR) is 101 cm³/mol. The van der Waals surface area contributed by atoms with Crippen molar-refractivity contribution in [3.63, 3.8) is 0 Å². The standard InChI is InChI=1S/C23H36O2/c1-21(2,3)25-16-10-12-22(4)15(14-16)6-7-17-18-8-9-20(24)23(18,5)13-11-19(17)22/h6,16-19H,7-14H2,1-5H3/t16-,17+,18-,19+,22-,23+/m0/s1. The highest BCUT2D eigenvalue weighted by Gasteiger charge is 2.58. The van der Waals surface area contributed by atoms with E-state index in [1.807, 2.05) is 0 Å². The van der Waals surface area contributed by atoms with Crippen LogP contribution in [0.15, 0.2) is 11.6 Å². The van der Waals surface area contributed by atoms with Gasteiger partial charge in [-0.05, 0) is 88.9 Å². The predicted octanol–water partition coefficient (Wildman–Crippen LogP) is 5.70. The largest absolute Gasteiger partial charge is 0.372 e. The number of allylic oxidation sites excluding steroid dienone is 1. The summed E-state index contributed by atoms with van der Waals surface area (Å²) in [6, 6.07) is 0. The number of ether oxygens (including phenoxy) is 1. The number of hydrogen-bond donors (Lipinski definition) is 0. The Balaban J connectivity index is 1.57. The lowest BCUT2D eigenvalue weighted by Gasteiger charge is -2.57. The van der Waals surface area contributed by atoms with Gasteiger partial charge in [-0.3, -0.25) is 4.79 Å². The van der Waals surface area contributed by atoms with Crippen LogP contribution in [0, 0.1) is 28.6 Å². The lowest BCUT2D eigenvalue weighted by molar-refractivity contribution is -0.132. The Kier molecular flexibility index (Phi) is 4.04. The fourth-order valence-electron chi connectivity index (χ4n) is 7.00. The summed E-state index contributed by atoms with van der Waals surface area (Å²) in [6.45, 7) is 11.3. The van der Waals surface area contributed by atoms with Gasteiger partial charge in [0.25, 0.3) is 0 Å². The van der Waals surface area contributed by atoms with Gasteiger partial charge in [0.05, 0.1) is 11.7 Å². The normalized spacial score (nSPS) is 46.9. The topological polar surface area (TPSA) is 26.3 Å². The molecule has 3 saturated carbocycles. The van der Waals surface area contributed by atoms with Crippen molar-refractivity contribution < 1.29 is 9.53 Å². The van der Waals surface area contributed by atoms with E-state index >= 15 is 0 Å². The van der Waals surface area contributed by atoms with Crippen molar-refractivity contribution in [1.29, 1.82) is 0 Å². The van der Waals surface area contributed by atoms with Gasteiger partial charge < -0.3 is 4.74 Å². The molecule has 25 heavy (non-hydrogen) atoms. The number of carbonyl (C=O) groups excluding carboxylic acids is 1. The van der Waals surface area contributed by atoms with E-state index in [1.165, 1.54) is 25.7 Å². The van der Waals surface area contributed by atoms with Gasteiger partial charge in [-0.1, -0.05) is 25.5 Å². The maximum absolute atomic E-state index is 12.5. The Morgan fingerprint density at radius 2 is 1.72 bits per heavy atom. The first-order chi connectivity index (χ1) is 11.6. The third-order valence-corrected chi connectivity index (χ3v) is 8.29. The van der Waals surface area contributed by atoms with Crippen LogP contribution in [0.25, 0.3) is 0 Å². The maximum Gasteiger partial charge on any atom is 0.139 e. The van der Waals surface area contributed by atoms with Crippen molar-refractivity contribution >= 4 is 5.78 Å². The van der Waals surface area contributed by atoms with Gasteiger partial charge in [-0.2, -0.15) is 0 Å². The van der Waals surface area contributed by atoms with E-state index in [0.29, 0.717) is 23.2 Å². The molecular formula is C23H36O2. The molecule has 0 aromatic carbocycles. The fourth-order valence-corrected chi connectivity index (χ4v) is 7.00. The zero-order chi connectivity index (χ0) is 18.0. The summed E-state index contributed by atoms with van der Waals surface area (Å²) in [6.07, 6.45) is 12.1. The molecule has 0 saturated heterocycles. The molecule has 3 fully saturated rings. The quantitative estimate of drug-likeness (QED) is 0.570. The molecule has 6 atom stereocenters. The molecule has 0 N–H and O–H groups in total. The van der Waals surface area contributed by atoms with Crippen LogP contribution >= 0.6 is 0 Å². The maximum atomic E-state index is 12.5. The van der Waals surface area contributed by atoms with Crippen LogP contribution in [0.5, 0.6) is 0 Å². The van der Waals surface area contributed by atoms with Crippen LogP contribution in [0.2, 0.25) is 0 Å². The molecule has 140 valence electrons. The molecule has 4 aliphatic carbocycles. The molecule has 0 aromatic heterocycles. The number of carbonyl (C=O) groups is 1. The number of Topliss-reactive ketones (excluding diaryl/α,β-unsaturated/α-hetero) is 1. The molecule has 2 heteroatoms. The highest BCUT2D eigenvalue weighted by atomic mass is 16.5. The summed E-state index contributed by atoms with van der Waals surface area (Å²) < 4.78 is 6.32. The van der Waals surface area contributed by atoms with Crippen molar-refractivity contribution in [3.05, 3.63) is 11.6 Å². The first-order valence-corrected chi connectivity index (χ1v) is 10.5. The minimum Gasteiger partial charge on any atom is -0.372 e. The van der Waals surface area contributed by atoms with Crippen LogP contribution in [-0.2, 0) is 9.53 Å². The van der Waals surface area contributed by atoms with Crippen molar-refractivity contribution in [2.24, 2.45) is 28.6 Å². The first-order valence-electron chi connectivity index (χ1n) is 10.5.